The highest BCUT2D eigenvalue weighted by atomic mass is 32.1. The van der Waals surface area contributed by atoms with Crippen molar-refractivity contribution in [2.24, 2.45) is 5.92 Å². The molecule has 0 saturated heterocycles. The monoisotopic (exact) mass is 296 g/mol. The fourth-order valence-corrected chi connectivity index (χ4v) is 3.46. The standard InChI is InChI=1S/C17H16N2OS/c1-2-16(21-9-1)17(13-3-4-13)19-14-7-5-12(6-8-14)15-10-18-11-20-15/h1-2,5-11,13,17,19H,3-4H2. The van der Waals surface area contributed by atoms with E-state index in [-0.39, 0.29) is 0 Å². The Morgan fingerprint density at radius 1 is 1.19 bits per heavy atom. The van der Waals surface area contributed by atoms with Crippen molar-refractivity contribution in [2.45, 2.75) is 18.9 Å². The predicted molar refractivity (Wildman–Crippen MR) is 85.3 cm³/mol. The molecule has 1 aliphatic carbocycles. The second kappa shape index (κ2) is 5.37. The summed E-state index contributed by atoms with van der Waals surface area (Å²) in [4.78, 5) is 5.38. The maximum atomic E-state index is 5.32. The lowest BCUT2D eigenvalue weighted by atomic mass is 10.1. The van der Waals surface area contributed by atoms with E-state index in [4.69, 9.17) is 4.42 Å². The fraction of sp³-hybridized carbons (Fsp3) is 0.235. The molecule has 1 aliphatic rings. The van der Waals surface area contributed by atoms with Crippen molar-refractivity contribution in [3.05, 3.63) is 59.2 Å². The van der Waals surface area contributed by atoms with Crippen LogP contribution < -0.4 is 5.32 Å². The van der Waals surface area contributed by atoms with Gasteiger partial charge in [-0.25, -0.2) is 4.98 Å². The molecular formula is C17H16N2OS. The van der Waals surface area contributed by atoms with Gasteiger partial charge in [-0.05, 0) is 54.5 Å². The van der Waals surface area contributed by atoms with E-state index in [1.807, 2.05) is 11.3 Å². The van der Waals surface area contributed by atoms with E-state index < -0.39 is 0 Å². The summed E-state index contributed by atoms with van der Waals surface area (Å²) < 4.78 is 5.32. The van der Waals surface area contributed by atoms with E-state index in [2.05, 4.69) is 52.1 Å². The van der Waals surface area contributed by atoms with Crippen molar-refractivity contribution in [1.82, 2.24) is 4.98 Å². The van der Waals surface area contributed by atoms with Crippen LogP contribution in [0.1, 0.15) is 23.8 Å². The zero-order chi connectivity index (χ0) is 14.1. The molecule has 2 aromatic heterocycles. The number of thiophene rings is 1. The van der Waals surface area contributed by atoms with Crippen LogP contribution in [0.4, 0.5) is 5.69 Å². The third-order valence-electron chi connectivity index (χ3n) is 3.87. The van der Waals surface area contributed by atoms with Gasteiger partial charge in [0.2, 0.25) is 0 Å². The zero-order valence-electron chi connectivity index (χ0n) is 11.5. The van der Waals surface area contributed by atoms with E-state index in [1.54, 1.807) is 6.20 Å². The normalized spacial score (nSPS) is 15.8. The van der Waals surface area contributed by atoms with Gasteiger partial charge < -0.3 is 9.73 Å². The van der Waals surface area contributed by atoms with Crippen molar-refractivity contribution in [2.75, 3.05) is 5.32 Å². The van der Waals surface area contributed by atoms with Gasteiger partial charge in [-0.15, -0.1) is 11.3 Å². The summed E-state index contributed by atoms with van der Waals surface area (Å²) in [7, 11) is 0. The van der Waals surface area contributed by atoms with Gasteiger partial charge in [0.15, 0.2) is 12.2 Å². The Bertz CT molecular complexity index is 685. The molecule has 1 unspecified atom stereocenters. The summed E-state index contributed by atoms with van der Waals surface area (Å²) in [6.07, 6.45) is 5.85. The van der Waals surface area contributed by atoms with Gasteiger partial charge in [-0.2, -0.15) is 0 Å². The van der Waals surface area contributed by atoms with Crippen LogP contribution in [0, 0.1) is 5.92 Å². The molecule has 4 rings (SSSR count). The molecule has 3 aromatic rings. The second-order valence-electron chi connectivity index (χ2n) is 5.42. The van der Waals surface area contributed by atoms with Gasteiger partial charge in [0.25, 0.3) is 0 Å². The highest BCUT2D eigenvalue weighted by Gasteiger charge is 2.32. The molecule has 1 fully saturated rings. The molecule has 1 N–H and O–H groups in total. The average Bonchev–Trinajstić information content (AvgIpc) is 3.01. The SMILES string of the molecule is c1csc(C(Nc2ccc(-c3cnco3)cc2)C2CC2)c1. The molecular weight excluding hydrogens is 280 g/mol. The summed E-state index contributed by atoms with van der Waals surface area (Å²) in [6, 6.07) is 13.2. The number of nitrogens with one attached hydrogen (secondary N) is 1. The molecule has 0 bridgehead atoms. The van der Waals surface area contributed by atoms with E-state index in [1.165, 1.54) is 24.1 Å². The molecule has 0 aliphatic heterocycles. The molecule has 0 radical (unpaired) electrons. The van der Waals surface area contributed by atoms with Crippen LogP contribution in [0.5, 0.6) is 0 Å². The topological polar surface area (TPSA) is 38.1 Å². The second-order valence-corrected chi connectivity index (χ2v) is 6.40. The van der Waals surface area contributed by atoms with Gasteiger partial charge in [0.1, 0.15) is 0 Å². The largest absolute Gasteiger partial charge is 0.444 e. The number of benzene rings is 1. The Morgan fingerprint density at radius 3 is 2.67 bits per heavy atom. The van der Waals surface area contributed by atoms with E-state index in [9.17, 15) is 0 Å². The van der Waals surface area contributed by atoms with Gasteiger partial charge in [-0.1, -0.05) is 6.07 Å². The van der Waals surface area contributed by atoms with Crippen LogP contribution in [0.15, 0.2) is 58.8 Å². The van der Waals surface area contributed by atoms with E-state index in [0.717, 1.165) is 22.9 Å². The van der Waals surface area contributed by atoms with Gasteiger partial charge in [0, 0.05) is 16.1 Å². The summed E-state index contributed by atoms with van der Waals surface area (Å²) in [6.45, 7) is 0. The molecule has 3 nitrogen and oxygen atoms in total. The smallest absolute Gasteiger partial charge is 0.181 e. The number of oxazole rings is 1. The predicted octanol–water partition coefficient (Wildman–Crippen LogP) is 4.97. The Hall–Kier alpha value is -2.07. The Labute approximate surface area is 127 Å². The number of aromatic nitrogens is 1. The fourth-order valence-electron chi connectivity index (χ4n) is 2.59. The van der Waals surface area contributed by atoms with Crippen molar-refractivity contribution in [1.29, 1.82) is 0 Å². The first kappa shape index (κ1) is 12.7. The molecule has 0 spiro atoms. The van der Waals surface area contributed by atoms with Crippen LogP contribution in [0.2, 0.25) is 0 Å². The van der Waals surface area contributed by atoms with Crippen LogP contribution >= 0.6 is 11.3 Å². The maximum Gasteiger partial charge on any atom is 0.181 e. The minimum absolute atomic E-state index is 0.445. The minimum atomic E-state index is 0.445. The number of nitrogens with zero attached hydrogens (tertiary/aromatic N) is 1. The third kappa shape index (κ3) is 2.72. The van der Waals surface area contributed by atoms with E-state index in [0.29, 0.717) is 6.04 Å². The lowest BCUT2D eigenvalue weighted by molar-refractivity contribution is 0.572. The maximum absolute atomic E-state index is 5.32. The Kier molecular flexibility index (Phi) is 3.24. The van der Waals surface area contributed by atoms with Crippen molar-refractivity contribution >= 4 is 17.0 Å². The molecule has 1 aromatic carbocycles. The average molecular weight is 296 g/mol. The number of rotatable bonds is 5. The molecule has 1 saturated carbocycles. The van der Waals surface area contributed by atoms with Gasteiger partial charge >= 0.3 is 0 Å². The highest BCUT2D eigenvalue weighted by molar-refractivity contribution is 7.10. The van der Waals surface area contributed by atoms with E-state index >= 15 is 0 Å². The molecule has 2 heterocycles. The lowest BCUT2D eigenvalue weighted by Crippen LogP contribution is -2.11. The summed E-state index contributed by atoms with van der Waals surface area (Å²) in [5, 5.41) is 5.83. The number of anilines is 1. The van der Waals surface area contributed by atoms with Crippen molar-refractivity contribution in [3.63, 3.8) is 0 Å². The third-order valence-corrected chi connectivity index (χ3v) is 4.82. The lowest BCUT2D eigenvalue weighted by Gasteiger charge is -2.18. The van der Waals surface area contributed by atoms with Crippen LogP contribution in [0.3, 0.4) is 0 Å². The first-order chi connectivity index (χ1) is 10.4. The minimum Gasteiger partial charge on any atom is -0.444 e. The quantitative estimate of drug-likeness (QED) is 0.722. The van der Waals surface area contributed by atoms with Gasteiger partial charge in [0.05, 0.1) is 12.2 Å². The Morgan fingerprint density at radius 2 is 2.05 bits per heavy atom. The zero-order valence-corrected chi connectivity index (χ0v) is 12.3. The first-order valence-electron chi connectivity index (χ1n) is 7.19. The Balaban J connectivity index is 1.53. The molecule has 1 atom stereocenters. The highest BCUT2D eigenvalue weighted by Crippen LogP contribution is 2.44. The molecule has 106 valence electrons. The van der Waals surface area contributed by atoms with Crippen LogP contribution in [-0.2, 0) is 0 Å². The number of hydrogen-bond donors (Lipinski definition) is 1. The van der Waals surface area contributed by atoms with Crippen molar-refractivity contribution in [3.8, 4) is 11.3 Å². The first-order valence-corrected chi connectivity index (χ1v) is 8.07. The number of hydrogen-bond acceptors (Lipinski definition) is 4. The van der Waals surface area contributed by atoms with Crippen LogP contribution in [0.25, 0.3) is 11.3 Å². The molecule has 4 heteroatoms. The van der Waals surface area contributed by atoms with Crippen molar-refractivity contribution < 1.29 is 4.42 Å². The van der Waals surface area contributed by atoms with Crippen LogP contribution in [-0.4, -0.2) is 4.98 Å². The summed E-state index contributed by atoms with van der Waals surface area (Å²) >= 11 is 1.83. The molecule has 21 heavy (non-hydrogen) atoms. The summed E-state index contributed by atoms with van der Waals surface area (Å²) in [5.41, 5.74) is 2.21. The van der Waals surface area contributed by atoms with Gasteiger partial charge in [-0.3, -0.25) is 0 Å². The summed E-state index contributed by atoms with van der Waals surface area (Å²) in [5.74, 6) is 1.58. The molecule has 0 amide bonds.